The summed E-state index contributed by atoms with van der Waals surface area (Å²) in [7, 11) is 0. The zero-order chi connectivity index (χ0) is 15.6. The topological polar surface area (TPSA) is 98.3 Å². The first-order valence-corrected chi connectivity index (χ1v) is 6.31. The molecule has 21 heavy (non-hydrogen) atoms. The van der Waals surface area contributed by atoms with Gasteiger partial charge in [0, 0.05) is 17.3 Å². The number of hydrogen-bond donors (Lipinski definition) is 2. The quantitative estimate of drug-likeness (QED) is 0.514. The third kappa shape index (κ3) is 3.00. The zero-order valence-corrected chi connectivity index (χ0v) is 11.7. The Morgan fingerprint density at radius 2 is 1.86 bits per heavy atom. The van der Waals surface area contributed by atoms with Gasteiger partial charge in [-0.2, -0.15) is 0 Å². The van der Waals surface area contributed by atoms with Gasteiger partial charge < -0.3 is 11.1 Å². The lowest BCUT2D eigenvalue weighted by Crippen LogP contribution is -2.15. The van der Waals surface area contributed by atoms with Gasteiger partial charge >= 0.3 is 0 Å². The number of nitro groups is 1. The highest BCUT2D eigenvalue weighted by Crippen LogP contribution is 2.27. The van der Waals surface area contributed by atoms with Crippen LogP contribution >= 0.6 is 0 Å². The van der Waals surface area contributed by atoms with Crippen LogP contribution in [0.3, 0.4) is 0 Å². The van der Waals surface area contributed by atoms with E-state index in [1.54, 1.807) is 44.2 Å². The summed E-state index contributed by atoms with van der Waals surface area (Å²) in [6.07, 6.45) is 0. The van der Waals surface area contributed by atoms with Crippen LogP contribution in [0.25, 0.3) is 0 Å². The summed E-state index contributed by atoms with van der Waals surface area (Å²) in [6.45, 7) is 3.44. The molecule has 6 heteroatoms. The molecule has 0 saturated carbocycles. The van der Waals surface area contributed by atoms with Crippen molar-refractivity contribution in [2.24, 2.45) is 0 Å². The lowest BCUT2D eigenvalue weighted by Gasteiger charge is -2.11. The Morgan fingerprint density at radius 3 is 2.48 bits per heavy atom. The van der Waals surface area contributed by atoms with E-state index in [0.29, 0.717) is 22.5 Å². The first kappa shape index (κ1) is 14.5. The van der Waals surface area contributed by atoms with Crippen LogP contribution in [0, 0.1) is 24.0 Å². The summed E-state index contributed by atoms with van der Waals surface area (Å²) in [4.78, 5) is 22.7. The number of nitro benzene ring substituents is 1. The number of anilines is 2. The van der Waals surface area contributed by atoms with Gasteiger partial charge in [-0.1, -0.05) is 12.1 Å². The minimum atomic E-state index is -0.471. The summed E-state index contributed by atoms with van der Waals surface area (Å²) in [5, 5.41) is 13.6. The van der Waals surface area contributed by atoms with Crippen molar-refractivity contribution in [3.63, 3.8) is 0 Å². The molecular weight excluding hydrogens is 270 g/mol. The molecule has 6 nitrogen and oxygen atoms in total. The predicted molar refractivity (Wildman–Crippen MR) is 81.4 cm³/mol. The van der Waals surface area contributed by atoms with Crippen LogP contribution < -0.4 is 11.1 Å². The predicted octanol–water partition coefficient (Wildman–Crippen LogP) is 3.05. The summed E-state index contributed by atoms with van der Waals surface area (Å²) in [5.74, 6) is -0.394. The van der Waals surface area contributed by atoms with Gasteiger partial charge in [0.1, 0.15) is 0 Å². The molecule has 0 atom stereocenters. The van der Waals surface area contributed by atoms with E-state index in [9.17, 15) is 14.9 Å². The van der Waals surface area contributed by atoms with Gasteiger partial charge in [0.15, 0.2) is 0 Å². The molecular formula is C15H15N3O3. The van der Waals surface area contributed by atoms with Gasteiger partial charge in [0.05, 0.1) is 16.2 Å². The smallest absolute Gasteiger partial charge is 0.274 e. The average molecular weight is 285 g/mol. The molecule has 2 aromatic carbocycles. The number of carbonyl (C=O) groups is 1. The Morgan fingerprint density at radius 1 is 1.19 bits per heavy atom. The van der Waals surface area contributed by atoms with E-state index in [4.69, 9.17) is 5.73 Å². The van der Waals surface area contributed by atoms with Gasteiger partial charge in [-0.05, 0) is 37.6 Å². The Hall–Kier alpha value is -2.89. The van der Waals surface area contributed by atoms with E-state index in [2.05, 4.69) is 5.32 Å². The largest absolute Gasteiger partial charge is 0.398 e. The van der Waals surface area contributed by atoms with Crippen LogP contribution in [0.15, 0.2) is 36.4 Å². The second-order valence-corrected chi connectivity index (χ2v) is 4.75. The molecule has 0 aliphatic carbocycles. The molecule has 2 rings (SSSR count). The number of nitrogens with two attached hydrogens (primary N) is 1. The number of aryl methyl sites for hydroxylation is 2. The van der Waals surface area contributed by atoms with Crippen molar-refractivity contribution in [2.75, 3.05) is 11.1 Å². The number of nitrogen functional groups attached to an aromatic ring is 1. The first-order chi connectivity index (χ1) is 9.90. The highest BCUT2D eigenvalue weighted by Gasteiger charge is 2.16. The minimum absolute atomic E-state index is 0.0306. The molecule has 2 aromatic rings. The van der Waals surface area contributed by atoms with Crippen molar-refractivity contribution in [3.05, 3.63) is 63.2 Å². The fraction of sp³-hybridized carbons (Fsp3) is 0.133. The molecule has 0 saturated heterocycles. The second kappa shape index (κ2) is 5.62. The third-order valence-corrected chi connectivity index (χ3v) is 3.19. The van der Waals surface area contributed by atoms with Crippen LogP contribution in [-0.4, -0.2) is 10.8 Å². The molecule has 0 unspecified atom stereocenters. The lowest BCUT2D eigenvalue weighted by atomic mass is 10.1. The van der Waals surface area contributed by atoms with Crippen molar-refractivity contribution >= 4 is 23.0 Å². The fourth-order valence-electron chi connectivity index (χ4n) is 2.07. The fourth-order valence-corrected chi connectivity index (χ4v) is 2.07. The maximum absolute atomic E-state index is 12.2. The molecule has 0 spiro atoms. The van der Waals surface area contributed by atoms with E-state index >= 15 is 0 Å². The Balaban J connectivity index is 2.36. The Kier molecular flexibility index (Phi) is 3.89. The number of para-hydroxylation sites is 1. The van der Waals surface area contributed by atoms with Gasteiger partial charge in [-0.3, -0.25) is 14.9 Å². The molecule has 0 aliphatic rings. The molecule has 0 radical (unpaired) electrons. The summed E-state index contributed by atoms with van der Waals surface area (Å²) >= 11 is 0. The Labute approximate surface area is 121 Å². The van der Waals surface area contributed by atoms with Crippen LogP contribution in [0.5, 0.6) is 0 Å². The molecule has 0 fully saturated rings. The van der Waals surface area contributed by atoms with Gasteiger partial charge in [0.2, 0.25) is 0 Å². The van der Waals surface area contributed by atoms with E-state index in [0.717, 1.165) is 5.56 Å². The van der Waals surface area contributed by atoms with Crippen molar-refractivity contribution in [1.29, 1.82) is 0 Å². The van der Waals surface area contributed by atoms with Crippen molar-refractivity contribution in [3.8, 4) is 0 Å². The maximum Gasteiger partial charge on any atom is 0.274 e. The van der Waals surface area contributed by atoms with Gasteiger partial charge in [-0.25, -0.2) is 0 Å². The Bertz CT molecular complexity index is 726. The highest BCUT2D eigenvalue weighted by atomic mass is 16.6. The monoisotopic (exact) mass is 285 g/mol. The zero-order valence-electron chi connectivity index (χ0n) is 11.7. The molecule has 0 heterocycles. The van der Waals surface area contributed by atoms with Crippen LogP contribution in [0.2, 0.25) is 0 Å². The number of nitrogens with one attached hydrogen (secondary N) is 1. The first-order valence-electron chi connectivity index (χ1n) is 6.31. The van der Waals surface area contributed by atoms with Crippen molar-refractivity contribution in [1.82, 2.24) is 0 Å². The highest BCUT2D eigenvalue weighted by molar-refractivity contribution is 6.08. The van der Waals surface area contributed by atoms with E-state index in [1.807, 2.05) is 0 Å². The number of carbonyl (C=O) groups excluding carboxylic acids is 1. The SMILES string of the molecule is Cc1cc(C)c([N+](=O)[O-])cc1NC(=O)c1ccccc1N. The molecule has 1 amide bonds. The van der Waals surface area contributed by atoms with E-state index < -0.39 is 10.8 Å². The molecule has 3 N–H and O–H groups in total. The number of rotatable bonds is 3. The summed E-state index contributed by atoms with van der Waals surface area (Å²) < 4.78 is 0. The molecule has 0 bridgehead atoms. The van der Waals surface area contributed by atoms with Crippen LogP contribution in [0.1, 0.15) is 21.5 Å². The van der Waals surface area contributed by atoms with Crippen LogP contribution in [0.4, 0.5) is 17.1 Å². The van der Waals surface area contributed by atoms with Gasteiger partial charge in [0.25, 0.3) is 11.6 Å². The van der Waals surface area contributed by atoms with E-state index in [-0.39, 0.29) is 5.69 Å². The van der Waals surface area contributed by atoms with Crippen LogP contribution in [-0.2, 0) is 0 Å². The second-order valence-electron chi connectivity index (χ2n) is 4.75. The number of nitrogens with zero attached hydrogens (tertiary/aromatic N) is 1. The number of benzene rings is 2. The molecule has 0 aliphatic heterocycles. The number of amides is 1. The standard InChI is InChI=1S/C15H15N3O3/c1-9-7-10(2)14(18(20)21)8-13(9)17-15(19)11-5-3-4-6-12(11)16/h3-8H,16H2,1-2H3,(H,17,19). The molecule has 108 valence electrons. The summed E-state index contributed by atoms with van der Waals surface area (Å²) in [5.41, 5.74) is 8.11. The minimum Gasteiger partial charge on any atom is -0.398 e. The lowest BCUT2D eigenvalue weighted by molar-refractivity contribution is -0.385. The van der Waals surface area contributed by atoms with Gasteiger partial charge in [-0.15, -0.1) is 0 Å². The molecule has 0 aromatic heterocycles. The van der Waals surface area contributed by atoms with E-state index in [1.165, 1.54) is 6.07 Å². The van der Waals surface area contributed by atoms with Crippen molar-refractivity contribution < 1.29 is 9.72 Å². The number of hydrogen-bond acceptors (Lipinski definition) is 4. The normalized spacial score (nSPS) is 10.2. The summed E-state index contributed by atoms with van der Waals surface area (Å²) in [6, 6.07) is 9.69. The third-order valence-electron chi connectivity index (χ3n) is 3.19. The maximum atomic E-state index is 12.2. The average Bonchev–Trinajstić information content (AvgIpc) is 2.41. The van der Waals surface area contributed by atoms with Crippen molar-refractivity contribution in [2.45, 2.75) is 13.8 Å².